The first-order valence-electron chi connectivity index (χ1n) is 22.4. The molecule has 2 fully saturated rings. The number of aliphatic hydroxyl groups excluding tert-OH is 1. The molecular formula is C48H67N7O11S. The highest BCUT2D eigenvalue weighted by Gasteiger charge is 2.44. The fraction of sp³-hybridized carbons (Fsp3) is 0.562. The maximum atomic E-state index is 13.0. The zero-order valence-electron chi connectivity index (χ0n) is 39.6. The Morgan fingerprint density at radius 3 is 2.12 bits per heavy atom. The van der Waals surface area contributed by atoms with E-state index in [0.29, 0.717) is 58.5 Å². The lowest BCUT2D eigenvalue weighted by Crippen LogP contribution is -2.50. The predicted octanol–water partition coefficient (Wildman–Crippen LogP) is 7.84. The first-order chi connectivity index (χ1) is 31.6. The molecule has 0 radical (unpaired) electrons. The number of rotatable bonds is 21. The number of carbonyl (C=O) groups is 1. The van der Waals surface area contributed by atoms with E-state index >= 15 is 0 Å². The molecule has 19 heteroatoms. The number of sulfonamides is 1. The smallest absolute Gasteiger partial charge is 0.407 e. The van der Waals surface area contributed by atoms with Crippen LogP contribution in [0.3, 0.4) is 0 Å². The number of aryl methyl sites for hydroxylation is 1. The lowest BCUT2D eigenvalue weighted by atomic mass is 9.88. The largest absolute Gasteiger partial charge is 0.443 e. The molecule has 5 rings (SSSR count). The number of alkyl carbamates (subject to hydrolysis) is 1. The lowest BCUT2D eigenvalue weighted by Gasteiger charge is -2.32. The van der Waals surface area contributed by atoms with Crippen LogP contribution in [0.15, 0.2) is 83.8 Å². The first kappa shape index (κ1) is 55.8. The molecule has 2 saturated heterocycles. The van der Waals surface area contributed by atoms with Crippen LogP contribution in [0.4, 0.5) is 16.2 Å². The summed E-state index contributed by atoms with van der Waals surface area (Å²) >= 11 is 0. The third-order valence-electron chi connectivity index (χ3n) is 11.1. The van der Waals surface area contributed by atoms with Gasteiger partial charge in [0.1, 0.15) is 6.10 Å². The van der Waals surface area contributed by atoms with Gasteiger partial charge in [0.15, 0.2) is 6.29 Å². The van der Waals surface area contributed by atoms with E-state index in [1.54, 1.807) is 12.1 Å². The summed E-state index contributed by atoms with van der Waals surface area (Å²) in [6, 6.07) is 25.1. The second-order valence-electron chi connectivity index (χ2n) is 18.8. The van der Waals surface area contributed by atoms with Gasteiger partial charge in [-0.25, -0.2) is 13.2 Å². The molecule has 0 aromatic heterocycles. The quantitative estimate of drug-likeness (QED) is 0.0679. The minimum absolute atomic E-state index is 0.0564. The summed E-state index contributed by atoms with van der Waals surface area (Å²) in [5.74, 6) is 0.163. The number of benzene rings is 3. The molecule has 3 N–H and O–H groups in total. The average molecular weight is 950 g/mol. The summed E-state index contributed by atoms with van der Waals surface area (Å²) in [5, 5.41) is 55.7. The van der Waals surface area contributed by atoms with Crippen LogP contribution >= 0.6 is 0 Å². The number of fused-ring (bicyclic) bond motifs is 1. The molecule has 67 heavy (non-hydrogen) atoms. The van der Waals surface area contributed by atoms with Gasteiger partial charge in [-0.15, -0.1) is 0 Å². The van der Waals surface area contributed by atoms with Crippen molar-refractivity contribution >= 4 is 27.5 Å². The van der Waals surface area contributed by atoms with Crippen LogP contribution in [0, 0.1) is 72.5 Å². The van der Waals surface area contributed by atoms with Crippen molar-refractivity contribution in [3.05, 3.63) is 110 Å². The van der Waals surface area contributed by atoms with Gasteiger partial charge in [-0.2, -0.15) is 14.8 Å². The normalized spacial score (nSPS) is 17.6. The number of ether oxygens (including phenoxy) is 3. The molecule has 0 bridgehead atoms. The van der Waals surface area contributed by atoms with Crippen molar-refractivity contribution < 1.29 is 42.4 Å². The van der Waals surface area contributed by atoms with Crippen LogP contribution in [0.5, 0.6) is 0 Å². The number of non-ortho nitro benzene ring substituents is 2. The number of nitro groups is 2. The molecular weight excluding hydrogens is 883 g/mol. The minimum Gasteiger partial charge on any atom is -0.443 e. The summed E-state index contributed by atoms with van der Waals surface area (Å²) in [4.78, 5) is 32.7. The Labute approximate surface area is 395 Å². The fourth-order valence-corrected chi connectivity index (χ4v) is 9.29. The number of carbonyl (C=O) groups excluding carboxylic acids is 1. The monoisotopic (exact) mass is 949 g/mol. The third kappa shape index (κ3) is 19.3. The molecule has 2 heterocycles. The van der Waals surface area contributed by atoms with Crippen LogP contribution in [0.25, 0.3) is 0 Å². The maximum Gasteiger partial charge on any atom is 0.407 e. The second-order valence-corrected chi connectivity index (χ2v) is 20.7. The van der Waals surface area contributed by atoms with Crippen molar-refractivity contribution in [1.82, 2.24) is 14.9 Å². The van der Waals surface area contributed by atoms with Crippen molar-refractivity contribution in [3.63, 3.8) is 0 Å². The number of nitrogens with one attached hydrogen (secondary N) is 2. The average Bonchev–Trinajstić information content (AvgIpc) is 3.90. The molecule has 0 saturated carbocycles. The number of amides is 1. The van der Waals surface area contributed by atoms with E-state index < -0.39 is 38.1 Å². The summed E-state index contributed by atoms with van der Waals surface area (Å²) in [7, 11) is -3.86. The summed E-state index contributed by atoms with van der Waals surface area (Å²) in [6.07, 6.45) is 1.50. The highest BCUT2D eigenvalue weighted by atomic mass is 32.2. The summed E-state index contributed by atoms with van der Waals surface area (Å²) in [6.45, 7) is 16.1. The fourth-order valence-electron chi connectivity index (χ4n) is 7.46. The zero-order chi connectivity index (χ0) is 49.8. The SMILES string of the molecule is CC(C)(CCC#N)CNC[C@@H](O)[C@H](Cc1ccccc1)NC(=O)O[C@H]1CO[C@H]2OCC[C@H]21.CC(C)CN(CC(C)(C)CCC#N)S(=O)(=O)c1cccc([N+](=O)[O-])c1.Cc1cccc([N+](=O)[O-])c1. The Hall–Kier alpha value is -5.54. The highest BCUT2D eigenvalue weighted by molar-refractivity contribution is 7.89. The number of aliphatic hydroxyl groups is 1. The topological polar surface area (TPSA) is 260 Å². The van der Waals surface area contributed by atoms with Gasteiger partial charge >= 0.3 is 6.09 Å². The van der Waals surface area contributed by atoms with Crippen LogP contribution < -0.4 is 10.6 Å². The number of hydrogen-bond donors (Lipinski definition) is 3. The van der Waals surface area contributed by atoms with Gasteiger partial charge in [-0.1, -0.05) is 90.1 Å². The Morgan fingerprint density at radius 1 is 0.925 bits per heavy atom. The Bertz CT molecular complexity index is 2250. The minimum atomic E-state index is -3.86. The van der Waals surface area contributed by atoms with Gasteiger partial charge in [-0.05, 0) is 66.5 Å². The lowest BCUT2D eigenvalue weighted by molar-refractivity contribution is -0.385. The van der Waals surface area contributed by atoms with Gasteiger partial charge in [0, 0.05) is 63.3 Å². The summed E-state index contributed by atoms with van der Waals surface area (Å²) < 4.78 is 44.1. The van der Waals surface area contributed by atoms with E-state index in [1.807, 2.05) is 71.0 Å². The molecule has 2 aliphatic heterocycles. The Balaban J connectivity index is 0.000000301. The number of nitro benzene ring substituents is 2. The van der Waals surface area contributed by atoms with Crippen molar-refractivity contribution in [2.24, 2.45) is 22.7 Å². The molecule has 5 atom stereocenters. The van der Waals surface area contributed by atoms with Gasteiger partial charge < -0.3 is 30.0 Å². The van der Waals surface area contributed by atoms with E-state index in [2.05, 4.69) is 36.6 Å². The van der Waals surface area contributed by atoms with Crippen molar-refractivity contribution in [2.45, 2.75) is 116 Å². The second kappa shape index (κ2) is 26.7. The van der Waals surface area contributed by atoms with Crippen molar-refractivity contribution in [3.8, 4) is 12.1 Å². The molecule has 3 aromatic carbocycles. The Kier molecular flexibility index (Phi) is 22.2. The van der Waals surface area contributed by atoms with Crippen LogP contribution in [-0.4, -0.2) is 97.7 Å². The number of nitriles is 2. The molecule has 366 valence electrons. The van der Waals surface area contributed by atoms with Crippen molar-refractivity contribution in [1.29, 1.82) is 10.5 Å². The molecule has 0 unspecified atom stereocenters. The molecule has 1 amide bonds. The van der Waals surface area contributed by atoms with Gasteiger partial charge in [0.25, 0.3) is 11.4 Å². The number of nitrogens with zero attached hydrogens (tertiary/aromatic N) is 5. The molecule has 0 aliphatic carbocycles. The van der Waals surface area contributed by atoms with E-state index in [4.69, 9.17) is 24.7 Å². The molecule has 2 aliphatic rings. The highest BCUT2D eigenvalue weighted by Crippen LogP contribution is 2.33. The maximum absolute atomic E-state index is 13.0. The standard InChI is InChI=1S/C24H35N3O5.C17H25N3O4S.C7H7NO2/c1-24(2,10-6-11-25)16-26-14-20(28)19(13-17-7-4-3-5-8-17)27-23(29)32-21-15-31-22-18(21)9-12-30-22;1-14(2)12-19(13-17(3,4)9-6-10-18)25(23,24)16-8-5-7-15(11-16)20(21)22;1-6-3-2-4-7(5-6)8(9)10/h3-5,7-8,18-22,26,28H,6,9-10,12-16H2,1-2H3,(H,27,29);5,7-8,11,14H,6,9,12-13H2,1-4H3;2-5H,1H3/t18-,19-,20+,21-,22+;;/m0../s1. The summed E-state index contributed by atoms with van der Waals surface area (Å²) in [5.41, 5.74) is 1.39. The van der Waals surface area contributed by atoms with E-state index in [9.17, 15) is 38.5 Å². The molecule has 0 spiro atoms. The molecule has 18 nitrogen and oxygen atoms in total. The van der Waals surface area contributed by atoms with Crippen molar-refractivity contribution in [2.75, 3.05) is 39.4 Å². The van der Waals surface area contributed by atoms with Crippen LogP contribution in [0.1, 0.15) is 84.8 Å². The predicted molar refractivity (Wildman–Crippen MR) is 252 cm³/mol. The van der Waals surface area contributed by atoms with Gasteiger partial charge in [0.2, 0.25) is 10.0 Å². The van der Waals surface area contributed by atoms with E-state index in [1.165, 1.54) is 28.6 Å². The van der Waals surface area contributed by atoms with Gasteiger partial charge in [-0.3, -0.25) is 20.2 Å². The third-order valence-corrected chi connectivity index (χ3v) is 13.0. The zero-order valence-corrected chi connectivity index (χ0v) is 40.4. The number of hydrogen-bond acceptors (Lipinski definition) is 14. The molecule has 3 aromatic rings. The van der Waals surface area contributed by atoms with Crippen LogP contribution in [-0.2, 0) is 30.7 Å². The first-order valence-corrected chi connectivity index (χ1v) is 23.8. The van der Waals surface area contributed by atoms with E-state index in [0.717, 1.165) is 30.0 Å². The Morgan fingerprint density at radius 2 is 1.54 bits per heavy atom. The van der Waals surface area contributed by atoms with E-state index in [-0.39, 0.29) is 57.9 Å². The van der Waals surface area contributed by atoms with Crippen LogP contribution in [0.2, 0.25) is 0 Å². The van der Waals surface area contributed by atoms with Gasteiger partial charge in [0.05, 0.1) is 58.2 Å².